The summed E-state index contributed by atoms with van der Waals surface area (Å²) in [5.41, 5.74) is 24.6. The van der Waals surface area contributed by atoms with E-state index < -0.39 is 17.3 Å². The molecule has 8 heteroatoms. The van der Waals surface area contributed by atoms with Crippen LogP contribution in [0.4, 0.5) is 17.6 Å². The largest absolute Gasteiger partial charge is 0.394 e. The van der Waals surface area contributed by atoms with E-state index in [0.29, 0.717) is 37.0 Å². The summed E-state index contributed by atoms with van der Waals surface area (Å²) < 4.78 is 52.9. The highest BCUT2D eigenvalue weighted by Gasteiger charge is 2.52. The lowest BCUT2D eigenvalue weighted by molar-refractivity contribution is -0.228. The van der Waals surface area contributed by atoms with Gasteiger partial charge in [-0.05, 0) is 356 Å². The maximum atomic E-state index is 13.8. The first kappa shape index (κ1) is 81.8. The van der Waals surface area contributed by atoms with Crippen molar-refractivity contribution in [2.75, 3.05) is 0 Å². The van der Waals surface area contributed by atoms with Gasteiger partial charge < -0.3 is 0 Å². The molecule has 0 spiro atoms. The van der Waals surface area contributed by atoms with Gasteiger partial charge in [0, 0.05) is 36.1 Å². The van der Waals surface area contributed by atoms with Crippen LogP contribution in [0.15, 0.2) is 97.2 Å². The van der Waals surface area contributed by atoms with Crippen molar-refractivity contribution in [2.24, 2.45) is 10.8 Å². The molecule has 0 unspecified atom stereocenters. The van der Waals surface area contributed by atoms with Gasteiger partial charge in [0.1, 0.15) is 10.7 Å². The molecule has 98 heavy (non-hydrogen) atoms. The Kier molecular flexibility index (Phi) is 30.6. The average molecular weight is 1390 g/mol. The molecule has 0 amide bonds. The fourth-order valence-corrected chi connectivity index (χ4v) is 17.5. The fraction of sp³-hybridized carbons (Fsp3) is 0.544. The Morgan fingerprint density at radius 3 is 1.02 bits per heavy atom. The third kappa shape index (κ3) is 24.5. The number of thiophene rings is 2. The molecule has 8 aromatic rings. The molecule has 1 nitrogen and oxygen atoms in total. The van der Waals surface area contributed by atoms with Crippen molar-refractivity contribution < 1.29 is 17.6 Å². The van der Waals surface area contributed by atoms with Gasteiger partial charge in [0.2, 0.25) is 0 Å². The number of alkyl halides is 4. The van der Waals surface area contributed by atoms with Crippen LogP contribution in [0.3, 0.4) is 0 Å². The summed E-state index contributed by atoms with van der Waals surface area (Å²) in [6.45, 7) is 49.1. The van der Waals surface area contributed by atoms with E-state index in [0.717, 1.165) is 29.7 Å². The van der Waals surface area contributed by atoms with Gasteiger partial charge in [-0.3, -0.25) is 0 Å². The Hall–Kier alpha value is -5.15. The van der Waals surface area contributed by atoms with E-state index in [9.17, 15) is 17.6 Å². The van der Waals surface area contributed by atoms with Crippen LogP contribution in [-0.2, 0) is 6.42 Å². The maximum Gasteiger partial charge on any atom is 0.394 e. The van der Waals surface area contributed by atoms with Gasteiger partial charge in [-0.2, -0.15) is 13.2 Å². The number of aromatic nitrogens is 1. The third-order valence-electron chi connectivity index (χ3n) is 22.3. The Morgan fingerprint density at radius 2 is 0.735 bits per heavy atom. The van der Waals surface area contributed by atoms with Gasteiger partial charge >= 0.3 is 6.18 Å². The minimum atomic E-state index is -4.07. The molecule has 0 radical (unpaired) electrons. The van der Waals surface area contributed by atoms with E-state index >= 15 is 0 Å². The molecule has 0 bridgehead atoms. The quantitative estimate of drug-likeness (QED) is 0.151. The van der Waals surface area contributed by atoms with Crippen LogP contribution < -0.4 is 0 Å². The first-order valence-electron chi connectivity index (χ1n) is 37.0. The number of hydrogen-bond acceptors (Lipinski definition) is 4. The van der Waals surface area contributed by atoms with Crippen LogP contribution in [0, 0.1) is 135 Å². The van der Waals surface area contributed by atoms with Crippen LogP contribution >= 0.6 is 34.0 Å². The highest BCUT2D eigenvalue weighted by Crippen LogP contribution is 2.52. The van der Waals surface area contributed by atoms with E-state index in [1.165, 1.54) is 190 Å². The average Bonchev–Trinajstić information content (AvgIpc) is 0.905. The molecule has 536 valence electrons. The summed E-state index contributed by atoms with van der Waals surface area (Å²) in [6.07, 6.45) is 17.0. The molecule has 0 N–H and O–H groups in total. The van der Waals surface area contributed by atoms with Gasteiger partial charge in [-0.15, -0.1) is 34.0 Å². The molecule has 4 aliphatic rings. The van der Waals surface area contributed by atoms with Crippen molar-refractivity contribution in [3.8, 4) is 10.6 Å². The molecule has 4 fully saturated rings. The molecular formula is C90H125F4NS3. The number of nitrogens with zero attached hydrogens (tertiary/aromatic N) is 1. The zero-order chi connectivity index (χ0) is 72.6. The Bertz CT molecular complexity index is 3640. The van der Waals surface area contributed by atoms with E-state index in [1.807, 2.05) is 47.1 Å². The van der Waals surface area contributed by atoms with E-state index in [2.05, 4.69) is 223 Å². The highest BCUT2D eigenvalue weighted by molar-refractivity contribution is 7.15. The zero-order valence-corrected chi connectivity index (χ0v) is 67.4. The molecule has 0 saturated heterocycles. The standard InChI is InChI=1S/C17H23F3.C16H23F.C15H22.C14H20.C11H18S.C10H9NS.C7H10S/c1-11-9-15(10-12(2)13(11)3)14-5-7-16(4,8-6-14)17(18,19)20;1-11-9-15(10-12(2)13(11)3)14-5-7-16(4,17)8-6-14;1-11-9-15(10-12(2)13(11)3)14-7-5-4-6-8-14;1-10-8-14(9-11(2)12(10)3)13-6-4-5-7-13;1-8-6-10(12-9(8)2)7-11(3,4)5;1-8-7-11-10(12-8)9-5-3-2-4-6-9;1-5-4-6(2)8-7(5)3/h9-10,14H,5-8H2,1-4H3;9-10,14H,5-8H2,1-4H3;9-10,14H,4-8H2,1-3H3;8-9,13H,4-7H2,1-3H3;6H,7H2,1-5H3;2-7H,1H3;4H,1-3H3. The summed E-state index contributed by atoms with van der Waals surface area (Å²) in [6, 6.07) is 33.3. The van der Waals surface area contributed by atoms with Gasteiger partial charge in [0.05, 0.1) is 5.41 Å². The highest BCUT2D eigenvalue weighted by atomic mass is 32.1. The minimum Gasteiger partial charge on any atom is -0.244 e. The van der Waals surface area contributed by atoms with Crippen LogP contribution in [-0.4, -0.2) is 16.8 Å². The predicted molar refractivity (Wildman–Crippen MR) is 424 cm³/mol. The van der Waals surface area contributed by atoms with E-state index in [-0.39, 0.29) is 18.8 Å². The van der Waals surface area contributed by atoms with Crippen molar-refractivity contribution in [3.05, 3.63) is 222 Å². The second-order valence-corrected chi connectivity index (χ2v) is 35.9. The Balaban J connectivity index is 0.000000183. The van der Waals surface area contributed by atoms with Crippen molar-refractivity contribution in [2.45, 2.75) is 310 Å². The number of aryl methyl sites for hydroxylation is 14. The normalized spacial score (nSPS) is 19.5. The monoisotopic (exact) mass is 1390 g/mol. The maximum absolute atomic E-state index is 13.8. The Morgan fingerprint density at radius 1 is 0.398 bits per heavy atom. The molecule has 3 heterocycles. The molecule has 4 aliphatic carbocycles. The number of hydrogen-bond donors (Lipinski definition) is 0. The van der Waals surface area contributed by atoms with Crippen molar-refractivity contribution in [1.82, 2.24) is 4.98 Å². The van der Waals surface area contributed by atoms with Crippen LogP contribution in [0.25, 0.3) is 10.6 Å². The van der Waals surface area contributed by atoms with Crippen molar-refractivity contribution in [1.29, 1.82) is 0 Å². The molecular weight excluding hydrogens is 1270 g/mol. The lowest BCUT2D eigenvalue weighted by Crippen LogP contribution is -2.38. The Labute approximate surface area is 606 Å². The number of benzene rings is 5. The summed E-state index contributed by atoms with van der Waals surface area (Å²) in [7, 11) is 0. The first-order chi connectivity index (χ1) is 45.8. The van der Waals surface area contributed by atoms with Crippen molar-refractivity contribution >= 4 is 34.0 Å². The van der Waals surface area contributed by atoms with Gasteiger partial charge in [-0.1, -0.05) is 139 Å². The SMILES string of the molecule is Cc1cc(C)c(C)s1.Cc1cc(C2CCC(C)(C(F)(F)F)CC2)cc(C)c1C.Cc1cc(C2CCC(C)(F)CC2)cc(C)c1C.Cc1cc(C2CCCC2)cc(C)c1C.Cc1cc(C2CCCCC2)cc(C)c1C.Cc1cc(CC(C)(C)C)sc1C.Cc1cnc(-c2ccccc2)s1. The molecule has 3 aromatic heterocycles. The third-order valence-corrected chi connectivity index (χ3v) is 25.5. The molecule has 12 rings (SSSR count). The fourth-order valence-electron chi connectivity index (χ4n) is 14.4. The summed E-state index contributed by atoms with van der Waals surface area (Å²) in [4.78, 5) is 11.4. The van der Waals surface area contributed by atoms with Crippen LogP contribution in [0.2, 0.25) is 0 Å². The molecule has 0 aliphatic heterocycles. The summed E-state index contributed by atoms with van der Waals surface area (Å²) in [5.74, 6) is 2.55. The topological polar surface area (TPSA) is 12.9 Å². The number of thiazole rings is 1. The number of halogens is 4. The summed E-state index contributed by atoms with van der Waals surface area (Å²) >= 11 is 5.54. The second-order valence-electron chi connectivity index (χ2n) is 31.9. The lowest BCUT2D eigenvalue weighted by Gasteiger charge is -2.39. The predicted octanol–water partition coefficient (Wildman–Crippen LogP) is 29.5. The van der Waals surface area contributed by atoms with Gasteiger partial charge in [0.25, 0.3) is 0 Å². The van der Waals surface area contributed by atoms with Crippen molar-refractivity contribution in [3.63, 3.8) is 0 Å². The first-order valence-corrected chi connectivity index (χ1v) is 39.4. The van der Waals surface area contributed by atoms with E-state index in [4.69, 9.17) is 0 Å². The molecule has 4 saturated carbocycles. The van der Waals surface area contributed by atoms with E-state index in [1.54, 1.807) is 29.4 Å². The summed E-state index contributed by atoms with van der Waals surface area (Å²) in [5, 5.41) is 1.10. The van der Waals surface area contributed by atoms with Crippen LogP contribution in [0.1, 0.15) is 292 Å². The molecule has 0 atom stereocenters. The van der Waals surface area contributed by atoms with Crippen LogP contribution in [0.5, 0.6) is 0 Å². The minimum absolute atomic E-state index is 0.243. The number of rotatable bonds is 6. The lowest BCUT2D eigenvalue weighted by atomic mass is 9.69. The molecule has 5 aromatic carbocycles. The van der Waals surface area contributed by atoms with Gasteiger partial charge in [0.15, 0.2) is 0 Å². The second kappa shape index (κ2) is 36.6. The zero-order valence-electron chi connectivity index (χ0n) is 65.0. The smallest absolute Gasteiger partial charge is 0.244 e. The van der Waals surface area contributed by atoms with Gasteiger partial charge in [-0.25, -0.2) is 9.37 Å².